The number of aromatic nitrogens is 1. The summed E-state index contributed by atoms with van der Waals surface area (Å²) in [6, 6.07) is 3.40. The van der Waals surface area contributed by atoms with Crippen molar-refractivity contribution in [2.24, 2.45) is 0 Å². The molecule has 0 amide bonds. The molecule has 0 saturated carbocycles. The molecule has 0 spiro atoms. The van der Waals surface area contributed by atoms with Gasteiger partial charge in [0, 0.05) is 10.4 Å². The van der Waals surface area contributed by atoms with Crippen LogP contribution in [0.3, 0.4) is 0 Å². The van der Waals surface area contributed by atoms with Crippen molar-refractivity contribution < 1.29 is 9.90 Å². The van der Waals surface area contributed by atoms with Crippen LogP contribution in [0.5, 0.6) is 0 Å². The Morgan fingerprint density at radius 2 is 1.94 bits per heavy atom. The van der Waals surface area contributed by atoms with E-state index in [1.165, 1.54) is 0 Å². The Morgan fingerprint density at radius 1 is 1.29 bits per heavy atom. The molecule has 0 aliphatic heterocycles. The van der Waals surface area contributed by atoms with Gasteiger partial charge < -0.3 is 10.1 Å². The number of aryl methyl sites for hydroxylation is 2. The summed E-state index contributed by atoms with van der Waals surface area (Å²) in [5.41, 5.74) is 0.953. The molecule has 0 unspecified atom stereocenters. The highest BCUT2D eigenvalue weighted by atomic mass is 35.5. The Morgan fingerprint density at radius 3 is 2.53 bits per heavy atom. The lowest BCUT2D eigenvalue weighted by atomic mass is 10.0. The summed E-state index contributed by atoms with van der Waals surface area (Å²) in [5, 5.41) is 10.2. The second-order valence-electron chi connectivity index (χ2n) is 3.85. The minimum atomic E-state index is -1.22. The van der Waals surface area contributed by atoms with Crippen LogP contribution in [0.15, 0.2) is 16.9 Å². The van der Waals surface area contributed by atoms with Gasteiger partial charge in [-0.1, -0.05) is 17.7 Å². The Kier molecular flexibility index (Phi) is 2.67. The molecule has 0 fully saturated rings. The predicted molar refractivity (Wildman–Crippen MR) is 66.0 cm³/mol. The van der Waals surface area contributed by atoms with E-state index in [4.69, 9.17) is 16.7 Å². The van der Waals surface area contributed by atoms with Crippen LogP contribution in [-0.4, -0.2) is 16.1 Å². The molecule has 1 heterocycles. The van der Waals surface area contributed by atoms with Crippen molar-refractivity contribution in [3.8, 4) is 0 Å². The van der Waals surface area contributed by atoms with Crippen molar-refractivity contribution in [1.29, 1.82) is 0 Å². The number of aromatic amines is 1. The number of nitrogens with one attached hydrogen (secondary N) is 1. The normalized spacial score (nSPS) is 10.8. The number of pyridine rings is 1. The highest BCUT2D eigenvalue weighted by molar-refractivity contribution is 6.32. The SMILES string of the molecule is Cc1c(C(=O)O)c(=O)[nH]c2c(C)c(Cl)ccc12. The zero-order valence-electron chi connectivity index (χ0n) is 9.30. The van der Waals surface area contributed by atoms with E-state index in [9.17, 15) is 9.59 Å². The van der Waals surface area contributed by atoms with Gasteiger partial charge in [0.15, 0.2) is 0 Å². The van der Waals surface area contributed by atoms with Crippen molar-refractivity contribution in [2.45, 2.75) is 13.8 Å². The standard InChI is InChI=1S/C12H10ClNO3/c1-5-7-3-4-8(13)6(2)10(7)14-11(15)9(5)12(16)17/h3-4H,1-2H3,(H,14,15)(H,16,17). The molecule has 2 N–H and O–H groups in total. The van der Waals surface area contributed by atoms with E-state index in [1.54, 1.807) is 26.0 Å². The van der Waals surface area contributed by atoms with Gasteiger partial charge in [-0.3, -0.25) is 4.79 Å². The molecule has 0 atom stereocenters. The van der Waals surface area contributed by atoms with Crippen molar-refractivity contribution >= 4 is 28.5 Å². The maximum absolute atomic E-state index is 11.7. The summed E-state index contributed by atoms with van der Waals surface area (Å²) in [6.45, 7) is 3.40. The third kappa shape index (κ3) is 1.70. The van der Waals surface area contributed by atoms with Crippen molar-refractivity contribution in [3.63, 3.8) is 0 Å². The van der Waals surface area contributed by atoms with Gasteiger partial charge in [0.1, 0.15) is 5.56 Å². The van der Waals surface area contributed by atoms with Crippen LogP contribution in [0.1, 0.15) is 21.5 Å². The number of benzene rings is 1. The number of carbonyl (C=O) groups is 1. The molecule has 2 rings (SSSR count). The predicted octanol–water partition coefficient (Wildman–Crippen LogP) is 2.50. The summed E-state index contributed by atoms with van der Waals surface area (Å²) in [4.78, 5) is 25.2. The molecule has 0 aliphatic rings. The smallest absolute Gasteiger partial charge is 0.341 e. The van der Waals surface area contributed by atoms with Crippen LogP contribution in [0, 0.1) is 13.8 Å². The van der Waals surface area contributed by atoms with Crippen molar-refractivity contribution in [1.82, 2.24) is 4.98 Å². The Balaban J connectivity index is 3.01. The number of aromatic carboxylic acids is 1. The van der Waals surface area contributed by atoms with E-state index in [0.29, 0.717) is 21.5 Å². The molecule has 88 valence electrons. The first-order valence-electron chi connectivity index (χ1n) is 4.98. The number of carboxylic acid groups (broad SMARTS) is 1. The van der Waals surface area contributed by atoms with E-state index in [0.717, 1.165) is 5.56 Å². The van der Waals surface area contributed by atoms with Crippen LogP contribution in [0.25, 0.3) is 10.9 Å². The highest BCUT2D eigenvalue weighted by Crippen LogP contribution is 2.25. The molecule has 5 heteroatoms. The molecule has 1 aromatic carbocycles. The minimum absolute atomic E-state index is 0.223. The minimum Gasteiger partial charge on any atom is -0.477 e. The number of H-pyrrole nitrogens is 1. The first-order chi connectivity index (χ1) is 7.93. The number of halogens is 1. The highest BCUT2D eigenvalue weighted by Gasteiger charge is 2.16. The monoisotopic (exact) mass is 251 g/mol. The average Bonchev–Trinajstić information content (AvgIpc) is 2.23. The van der Waals surface area contributed by atoms with Gasteiger partial charge in [-0.15, -0.1) is 0 Å². The fourth-order valence-corrected chi connectivity index (χ4v) is 2.06. The zero-order chi connectivity index (χ0) is 12.7. The van der Waals surface area contributed by atoms with Gasteiger partial charge in [0.05, 0.1) is 5.52 Å². The largest absolute Gasteiger partial charge is 0.477 e. The van der Waals surface area contributed by atoms with Crippen LogP contribution in [0.2, 0.25) is 5.02 Å². The van der Waals surface area contributed by atoms with Gasteiger partial charge in [-0.05, 0) is 31.0 Å². The van der Waals surface area contributed by atoms with Crippen molar-refractivity contribution in [2.75, 3.05) is 0 Å². The molecular formula is C12H10ClNO3. The van der Waals surface area contributed by atoms with Crippen LogP contribution in [-0.2, 0) is 0 Å². The maximum atomic E-state index is 11.7. The molecule has 0 saturated heterocycles. The second kappa shape index (κ2) is 3.89. The Hall–Kier alpha value is -1.81. The molecule has 0 aliphatic carbocycles. The molecule has 4 nitrogen and oxygen atoms in total. The third-order valence-corrected chi connectivity index (χ3v) is 3.27. The number of rotatable bonds is 1. The number of hydrogen-bond acceptors (Lipinski definition) is 2. The Bertz CT molecular complexity index is 688. The lowest BCUT2D eigenvalue weighted by Gasteiger charge is -2.08. The third-order valence-electron chi connectivity index (χ3n) is 2.86. The fourth-order valence-electron chi connectivity index (χ4n) is 1.90. The zero-order valence-corrected chi connectivity index (χ0v) is 10.1. The van der Waals surface area contributed by atoms with E-state index in [1.807, 2.05) is 0 Å². The first-order valence-corrected chi connectivity index (χ1v) is 5.36. The van der Waals surface area contributed by atoms with Crippen molar-refractivity contribution in [3.05, 3.63) is 44.2 Å². The van der Waals surface area contributed by atoms with Gasteiger partial charge >= 0.3 is 5.97 Å². The van der Waals surface area contributed by atoms with Crippen LogP contribution < -0.4 is 5.56 Å². The van der Waals surface area contributed by atoms with Gasteiger partial charge in [0.25, 0.3) is 5.56 Å². The summed E-state index contributed by atoms with van der Waals surface area (Å²) < 4.78 is 0. The Labute approximate surface area is 102 Å². The topological polar surface area (TPSA) is 70.2 Å². The van der Waals surface area contributed by atoms with E-state index < -0.39 is 11.5 Å². The number of carboxylic acids is 1. The number of hydrogen-bond donors (Lipinski definition) is 2. The molecular weight excluding hydrogens is 242 g/mol. The summed E-state index contributed by atoms with van der Waals surface area (Å²) >= 11 is 5.96. The van der Waals surface area contributed by atoms with Gasteiger partial charge in [-0.2, -0.15) is 0 Å². The van der Waals surface area contributed by atoms with Crippen LogP contribution in [0.4, 0.5) is 0 Å². The van der Waals surface area contributed by atoms with E-state index in [2.05, 4.69) is 4.98 Å². The number of fused-ring (bicyclic) bond motifs is 1. The molecule has 0 radical (unpaired) electrons. The first kappa shape index (κ1) is 11.7. The van der Waals surface area contributed by atoms with E-state index >= 15 is 0 Å². The quantitative estimate of drug-likeness (QED) is 0.818. The van der Waals surface area contributed by atoms with Gasteiger partial charge in [-0.25, -0.2) is 4.79 Å². The average molecular weight is 252 g/mol. The summed E-state index contributed by atoms with van der Waals surface area (Å²) in [7, 11) is 0. The molecule has 2 aromatic rings. The second-order valence-corrected chi connectivity index (χ2v) is 4.26. The lowest BCUT2D eigenvalue weighted by Crippen LogP contribution is -2.19. The van der Waals surface area contributed by atoms with Crippen LogP contribution >= 0.6 is 11.6 Å². The van der Waals surface area contributed by atoms with E-state index in [-0.39, 0.29) is 5.56 Å². The maximum Gasteiger partial charge on any atom is 0.341 e. The van der Waals surface area contributed by atoms with Gasteiger partial charge in [0.2, 0.25) is 0 Å². The molecule has 17 heavy (non-hydrogen) atoms. The summed E-state index contributed by atoms with van der Waals surface area (Å²) in [6.07, 6.45) is 0. The molecule has 0 bridgehead atoms. The lowest BCUT2D eigenvalue weighted by molar-refractivity contribution is 0.0694. The summed E-state index contributed by atoms with van der Waals surface area (Å²) in [5.74, 6) is -1.22. The molecule has 1 aromatic heterocycles. The fraction of sp³-hybridized carbons (Fsp3) is 0.167.